The molecule has 2 N–H and O–H groups in total. The summed E-state index contributed by atoms with van der Waals surface area (Å²) in [6.45, 7) is 4.05. The summed E-state index contributed by atoms with van der Waals surface area (Å²) in [5.41, 5.74) is 0.558. The SMILES string of the molecule is CC1CNCCC1NC(=O)c1ccc(I)cc1Cl.Cl. The Morgan fingerprint density at radius 3 is 2.89 bits per heavy atom. The number of piperidine rings is 1. The maximum Gasteiger partial charge on any atom is 0.253 e. The van der Waals surface area contributed by atoms with E-state index in [2.05, 4.69) is 40.1 Å². The Kier molecular flexibility index (Phi) is 6.86. The summed E-state index contributed by atoms with van der Waals surface area (Å²) in [6, 6.07) is 5.72. The highest BCUT2D eigenvalue weighted by Gasteiger charge is 2.23. The molecule has 0 radical (unpaired) electrons. The normalized spacial score (nSPS) is 22.5. The van der Waals surface area contributed by atoms with Crippen LogP contribution in [0.2, 0.25) is 5.02 Å². The van der Waals surface area contributed by atoms with Crippen molar-refractivity contribution in [3.05, 3.63) is 32.4 Å². The molecule has 3 nitrogen and oxygen atoms in total. The van der Waals surface area contributed by atoms with Gasteiger partial charge in [-0.2, -0.15) is 0 Å². The van der Waals surface area contributed by atoms with Crippen molar-refractivity contribution in [1.29, 1.82) is 0 Å². The number of benzene rings is 1. The fourth-order valence-corrected chi connectivity index (χ4v) is 3.09. The molecule has 2 unspecified atom stereocenters. The fourth-order valence-electron chi connectivity index (χ4n) is 2.15. The third kappa shape index (κ3) is 4.48. The van der Waals surface area contributed by atoms with Gasteiger partial charge in [0.05, 0.1) is 10.6 Å². The van der Waals surface area contributed by atoms with Gasteiger partial charge < -0.3 is 10.6 Å². The Morgan fingerprint density at radius 1 is 1.53 bits per heavy atom. The van der Waals surface area contributed by atoms with Crippen molar-refractivity contribution in [2.75, 3.05) is 13.1 Å². The number of nitrogens with one attached hydrogen (secondary N) is 2. The van der Waals surface area contributed by atoms with Gasteiger partial charge in [0.15, 0.2) is 0 Å². The molecule has 1 amide bonds. The van der Waals surface area contributed by atoms with Gasteiger partial charge in [-0.15, -0.1) is 12.4 Å². The van der Waals surface area contributed by atoms with Gasteiger partial charge in [-0.1, -0.05) is 18.5 Å². The molecule has 0 aromatic heterocycles. The minimum Gasteiger partial charge on any atom is -0.349 e. The largest absolute Gasteiger partial charge is 0.349 e. The molecule has 19 heavy (non-hydrogen) atoms. The van der Waals surface area contributed by atoms with Crippen molar-refractivity contribution in [3.63, 3.8) is 0 Å². The number of amides is 1. The molecule has 6 heteroatoms. The van der Waals surface area contributed by atoms with Gasteiger partial charge >= 0.3 is 0 Å². The molecule has 106 valence electrons. The van der Waals surface area contributed by atoms with Gasteiger partial charge in [-0.3, -0.25) is 4.79 Å². The summed E-state index contributed by atoms with van der Waals surface area (Å²) in [5, 5.41) is 6.91. The second kappa shape index (κ2) is 7.67. The third-order valence-electron chi connectivity index (χ3n) is 3.28. The van der Waals surface area contributed by atoms with Crippen LogP contribution in [0.4, 0.5) is 0 Å². The molecule has 1 aromatic rings. The van der Waals surface area contributed by atoms with Crippen LogP contribution in [0.1, 0.15) is 23.7 Å². The summed E-state index contributed by atoms with van der Waals surface area (Å²) < 4.78 is 1.03. The zero-order valence-corrected chi connectivity index (χ0v) is 14.3. The molecule has 2 atom stereocenters. The smallest absolute Gasteiger partial charge is 0.253 e. The average molecular weight is 415 g/mol. The standard InChI is InChI=1S/C13H16ClIN2O.ClH/c1-8-7-16-5-4-12(8)17-13(18)10-3-2-9(15)6-11(10)14;/h2-3,6,8,12,16H,4-5,7H2,1H3,(H,17,18);1H. The molecular weight excluding hydrogens is 398 g/mol. The van der Waals surface area contributed by atoms with Crippen LogP contribution in [-0.4, -0.2) is 25.0 Å². The van der Waals surface area contributed by atoms with Gasteiger partial charge in [0.1, 0.15) is 0 Å². The van der Waals surface area contributed by atoms with E-state index in [0.717, 1.165) is 23.1 Å². The molecule has 0 bridgehead atoms. The number of hydrogen-bond donors (Lipinski definition) is 2. The molecule has 2 rings (SSSR count). The summed E-state index contributed by atoms with van der Waals surface area (Å²) in [7, 11) is 0. The monoisotopic (exact) mass is 414 g/mol. The van der Waals surface area contributed by atoms with Crippen LogP contribution in [0, 0.1) is 9.49 Å². The van der Waals surface area contributed by atoms with Gasteiger partial charge in [-0.25, -0.2) is 0 Å². The number of rotatable bonds is 2. The number of carbonyl (C=O) groups is 1. The lowest BCUT2D eigenvalue weighted by Crippen LogP contribution is -2.48. The lowest BCUT2D eigenvalue weighted by molar-refractivity contribution is 0.0914. The summed E-state index contributed by atoms with van der Waals surface area (Å²) >= 11 is 8.28. The molecule has 1 aromatic carbocycles. The molecule has 1 heterocycles. The first-order chi connectivity index (χ1) is 8.58. The predicted octanol–water partition coefficient (Wildman–Crippen LogP) is 3.09. The summed E-state index contributed by atoms with van der Waals surface area (Å²) in [5.74, 6) is 0.375. The van der Waals surface area contributed by atoms with Crippen LogP contribution >= 0.6 is 46.6 Å². The Labute approximate surface area is 138 Å². The Balaban J connectivity index is 0.00000180. The van der Waals surface area contributed by atoms with Gasteiger partial charge in [0.25, 0.3) is 5.91 Å². The van der Waals surface area contributed by atoms with Crippen LogP contribution < -0.4 is 10.6 Å². The van der Waals surface area contributed by atoms with Crippen molar-refractivity contribution >= 4 is 52.5 Å². The molecule has 1 saturated heterocycles. The van der Waals surface area contributed by atoms with Gasteiger partial charge in [0, 0.05) is 9.61 Å². The van der Waals surface area contributed by atoms with Crippen molar-refractivity contribution in [3.8, 4) is 0 Å². The van der Waals surface area contributed by atoms with E-state index in [1.54, 1.807) is 6.07 Å². The molecule has 1 fully saturated rings. The highest BCUT2D eigenvalue weighted by Crippen LogP contribution is 2.20. The van der Waals surface area contributed by atoms with Crippen molar-refractivity contribution in [2.45, 2.75) is 19.4 Å². The summed E-state index contributed by atoms with van der Waals surface area (Å²) in [6.07, 6.45) is 0.967. The van der Waals surface area contributed by atoms with E-state index in [1.807, 2.05) is 12.1 Å². The Morgan fingerprint density at radius 2 is 2.26 bits per heavy atom. The van der Waals surface area contributed by atoms with E-state index < -0.39 is 0 Å². The van der Waals surface area contributed by atoms with Crippen molar-refractivity contribution in [1.82, 2.24) is 10.6 Å². The van der Waals surface area contributed by atoms with E-state index >= 15 is 0 Å². The first-order valence-electron chi connectivity index (χ1n) is 6.04. The Bertz CT molecular complexity index is 456. The first-order valence-corrected chi connectivity index (χ1v) is 7.50. The van der Waals surface area contributed by atoms with Crippen molar-refractivity contribution < 1.29 is 4.79 Å². The van der Waals surface area contributed by atoms with E-state index in [9.17, 15) is 4.79 Å². The molecule has 0 saturated carbocycles. The number of hydrogen-bond acceptors (Lipinski definition) is 2. The van der Waals surface area contributed by atoms with Crippen LogP contribution in [0.5, 0.6) is 0 Å². The topological polar surface area (TPSA) is 41.1 Å². The van der Waals surface area contributed by atoms with Gasteiger partial charge in [-0.05, 0) is 66.2 Å². The summed E-state index contributed by atoms with van der Waals surface area (Å²) in [4.78, 5) is 12.2. The van der Waals surface area contributed by atoms with E-state index in [-0.39, 0.29) is 24.4 Å². The average Bonchev–Trinajstić information content (AvgIpc) is 2.32. The van der Waals surface area contributed by atoms with E-state index in [4.69, 9.17) is 11.6 Å². The maximum absolute atomic E-state index is 12.2. The van der Waals surface area contributed by atoms with Crippen LogP contribution in [0.3, 0.4) is 0 Å². The molecule has 0 aliphatic carbocycles. The lowest BCUT2D eigenvalue weighted by atomic mass is 9.95. The zero-order valence-electron chi connectivity index (χ0n) is 10.6. The lowest BCUT2D eigenvalue weighted by Gasteiger charge is -2.30. The highest BCUT2D eigenvalue weighted by atomic mass is 127. The minimum atomic E-state index is -0.0739. The molecule has 0 spiro atoms. The quantitative estimate of drug-likeness (QED) is 0.730. The maximum atomic E-state index is 12.2. The predicted molar refractivity (Wildman–Crippen MR) is 89.3 cm³/mol. The first kappa shape index (κ1) is 17.0. The van der Waals surface area contributed by atoms with E-state index in [0.29, 0.717) is 16.5 Å². The Hall–Kier alpha value is -0.0400. The van der Waals surface area contributed by atoms with Crippen molar-refractivity contribution in [2.24, 2.45) is 5.92 Å². The third-order valence-corrected chi connectivity index (χ3v) is 4.26. The second-order valence-corrected chi connectivity index (χ2v) is 6.33. The van der Waals surface area contributed by atoms with Gasteiger partial charge in [0.2, 0.25) is 0 Å². The zero-order chi connectivity index (χ0) is 13.1. The fraction of sp³-hybridized carbons (Fsp3) is 0.462. The minimum absolute atomic E-state index is 0. The molecule has 1 aliphatic rings. The van der Waals surface area contributed by atoms with E-state index in [1.165, 1.54) is 0 Å². The van der Waals surface area contributed by atoms with Crippen LogP contribution in [0.25, 0.3) is 0 Å². The molecular formula is C13H17Cl2IN2O. The number of halogens is 3. The van der Waals surface area contributed by atoms with Crippen LogP contribution in [0.15, 0.2) is 18.2 Å². The van der Waals surface area contributed by atoms with Crippen LogP contribution in [-0.2, 0) is 0 Å². The second-order valence-electron chi connectivity index (χ2n) is 4.67. The molecule has 1 aliphatic heterocycles. The highest BCUT2D eigenvalue weighted by molar-refractivity contribution is 14.1. The number of carbonyl (C=O) groups excluding carboxylic acids is 1.